The molecule has 2 aliphatic carbocycles. The highest BCUT2D eigenvalue weighted by Crippen LogP contribution is 2.48. The topological polar surface area (TPSA) is 89.5 Å². The van der Waals surface area contributed by atoms with Gasteiger partial charge in [-0.1, -0.05) is 36.4 Å². The van der Waals surface area contributed by atoms with E-state index < -0.39 is 0 Å². The van der Waals surface area contributed by atoms with Crippen LogP contribution in [0.3, 0.4) is 0 Å². The van der Waals surface area contributed by atoms with E-state index in [4.69, 9.17) is 11.6 Å². The number of hydrogen-bond donors (Lipinski definition) is 4. The van der Waals surface area contributed by atoms with Crippen LogP contribution in [0.25, 0.3) is 0 Å². The molecule has 0 aliphatic heterocycles. The van der Waals surface area contributed by atoms with Crippen LogP contribution in [0.2, 0.25) is 5.02 Å². The third kappa shape index (κ3) is 6.40. The van der Waals surface area contributed by atoms with Gasteiger partial charge in [-0.3, -0.25) is 10.0 Å². The number of benzene rings is 1. The summed E-state index contributed by atoms with van der Waals surface area (Å²) >= 11 is 6.08. The molecule has 2 atom stereocenters. The van der Waals surface area contributed by atoms with Crippen molar-refractivity contribution in [2.45, 2.75) is 25.2 Å². The Hall–Kier alpha value is -3.29. The number of nitrogens with one attached hydrogen (secondary N) is 3. The fourth-order valence-electron chi connectivity index (χ4n) is 3.91. The zero-order chi connectivity index (χ0) is 24.1. The second-order valence-corrected chi connectivity index (χ2v) is 9.10. The Morgan fingerprint density at radius 3 is 2.82 bits per heavy atom. The van der Waals surface area contributed by atoms with Crippen LogP contribution in [-0.2, 0) is 4.79 Å². The lowest BCUT2D eigenvalue weighted by molar-refractivity contribution is -0.117. The number of rotatable bonds is 11. The van der Waals surface area contributed by atoms with Crippen molar-refractivity contribution in [2.24, 2.45) is 11.8 Å². The van der Waals surface area contributed by atoms with E-state index in [0.717, 1.165) is 46.8 Å². The molecule has 1 amide bonds. The van der Waals surface area contributed by atoms with E-state index in [-0.39, 0.29) is 17.7 Å². The first-order valence-electron chi connectivity index (χ1n) is 11.4. The summed E-state index contributed by atoms with van der Waals surface area (Å²) in [7, 11) is 1.80. The second kappa shape index (κ2) is 10.8. The summed E-state index contributed by atoms with van der Waals surface area (Å²) in [5.41, 5.74) is 3.71. The van der Waals surface area contributed by atoms with Crippen molar-refractivity contribution < 1.29 is 10.0 Å². The first kappa shape index (κ1) is 23.9. The molecular formula is C26H30ClN5O2. The Morgan fingerprint density at radius 1 is 1.29 bits per heavy atom. The van der Waals surface area contributed by atoms with E-state index >= 15 is 0 Å². The lowest BCUT2D eigenvalue weighted by Crippen LogP contribution is -2.20. The molecular weight excluding hydrogens is 450 g/mol. The Balaban J connectivity index is 1.31. The minimum atomic E-state index is -0.0737. The molecule has 7 nitrogen and oxygen atoms in total. The molecule has 2 fully saturated rings. The van der Waals surface area contributed by atoms with Gasteiger partial charge < -0.3 is 16.0 Å². The quantitative estimate of drug-likeness (QED) is 0.264. The molecule has 4 rings (SSSR count). The summed E-state index contributed by atoms with van der Waals surface area (Å²) in [6.45, 7) is 4.27. The molecule has 0 bridgehead atoms. The van der Waals surface area contributed by atoms with E-state index in [2.05, 4.69) is 27.5 Å². The number of carbonyl (C=O) groups is 1. The molecule has 2 aromatic rings. The maximum absolute atomic E-state index is 12.7. The van der Waals surface area contributed by atoms with Crippen molar-refractivity contribution in [3.63, 3.8) is 0 Å². The third-order valence-electron chi connectivity index (χ3n) is 6.07. The van der Waals surface area contributed by atoms with Gasteiger partial charge in [0, 0.05) is 47.8 Å². The summed E-state index contributed by atoms with van der Waals surface area (Å²) in [6.07, 6.45) is 9.83. The molecule has 0 unspecified atom stereocenters. The number of nitrogens with zero attached hydrogens (tertiary/aromatic N) is 2. The number of likely N-dealkylation sites (N-methyl/N-ethyl adjacent to an activating group) is 1. The lowest BCUT2D eigenvalue weighted by atomic mass is 10.1. The monoisotopic (exact) mass is 479 g/mol. The summed E-state index contributed by atoms with van der Waals surface area (Å²) in [5, 5.41) is 21.3. The maximum Gasteiger partial charge on any atom is 0.229 e. The van der Waals surface area contributed by atoms with Gasteiger partial charge in [0.05, 0.1) is 12.7 Å². The highest BCUT2D eigenvalue weighted by molar-refractivity contribution is 6.30. The van der Waals surface area contributed by atoms with Crippen LogP contribution < -0.4 is 16.0 Å². The highest BCUT2D eigenvalue weighted by Gasteiger charge is 2.44. The Labute approximate surface area is 205 Å². The number of hydroxylamine groups is 2. The molecule has 0 saturated heterocycles. The van der Waals surface area contributed by atoms with Gasteiger partial charge in [0.1, 0.15) is 5.82 Å². The van der Waals surface area contributed by atoms with Crippen LogP contribution in [0.1, 0.15) is 30.7 Å². The molecule has 2 saturated carbocycles. The first-order chi connectivity index (χ1) is 16.5. The zero-order valence-electron chi connectivity index (χ0n) is 19.2. The van der Waals surface area contributed by atoms with Crippen LogP contribution in [0.4, 0.5) is 11.5 Å². The molecule has 2 aliphatic rings. The maximum atomic E-state index is 12.7. The summed E-state index contributed by atoms with van der Waals surface area (Å²) in [5.74, 6) is 1.07. The van der Waals surface area contributed by atoms with Crippen LogP contribution in [0.15, 0.2) is 78.9 Å². The van der Waals surface area contributed by atoms with Crippen LogP contribution in [-0.4, -0.2) is 34.8 Å². The minimum Gasteiger partial charge on any atom is -0.389 e. The van der Waals surface area contributed by atoms with Crippen molar-refractivity contribution >= 4 is 29.0 Å². The normalized spacial score (nSPS) is 19.9. The number of aromatic nitrogens is 1. The number of carbonyl (C=O) groups excluding carboxylic acids is 1. The number of amides is 1. The van der Waals surface area contributed by atoms with Gasteiger partial charge in [-0.25, -0.2) is 10.0 Å². The largest absolute Gasteiger partial charge is 0.389 e. The zero-order valence-corrected chi connectivity index (χ0v) is 19.9. The third-order valence-corrected chi connectivity index (χ3v) is 6.31. The van der Waals surface area contributed by atoms with E-state index in [1.807, 2.05) is 30.3 Å². The summed E-state index contributed by atoms with van der Waals surface area (Å²) in [6, 6.07) is 11.3. The predicted molar refractivity (Wildman–Crippen MR) is 135 cm³/mol. The Kier molecular flexibility index (Phi) is 7.55. The van der Waals surface area contributed by atoms with Gasteiger partial charge in [0.15, 0.2) is 0 Å². The summed E-state index contributed by atoms with van der Waals surface area (Å²) in [4.78, 5) is 17.0. The number of halogens is 1. The Morgan fingerprint density at radius 2 is 2.12 bits per heavy atom. The smallest absolute Gasteiger partial charge is 0.229 e. The van der Waals surface area contributed by atoms with Crippen molar-refractivity contribution in [2.75, 3.05) is 24.2 Å². The van der Waals surface area contributed by atoms with Crippen LogP contribution in [0.5, 0.6) is 0 Å². The fourth-order valence-corrected chi connectivity index (χ4v) is 4.10. The van der Waals surface area contributed by atoms with E-state index in [1.165, 1.54) is 0 Å². The molecule has 1 aromatic heterocycles. The van der Waals surface area contributed by atoms with Gasteiger partial charge in [0.25, 0.3) is 0 Å². The first-order valence-corrected chi connectivity index (χ1v) is 11.8. The molecule has 4 N–H and O–H groups in total. The van der Waals surface area contributed by atoms with Crippen LogP contribution >= 0.6 is 11.6 Å². The van der Waals surface area contributed by atoms with E-state index in [0.29, 0.717) is 23.3 Å². The summed E-state index contributed by atoms with van der Waals surface area (Å²) < 4.78 is 0. The molecule has 34 heavy (non-hydrogen) atoms. The number of pyridine rings is 1. The molecule has 0 spiro atoms. The predicted octanol–water partition coefficient (Wildman–Crippen LogP) is 5.12. The van der Waals surface area contributed by atoms with Gasteiger partial charge in [0.2, 0.25) is 5.91 Å². The number of hydrogen-bond acceptors (Lipinski definition) is 6. The second-order valence-electron chi connectivity index (χ2n) is 8.67. The number of allylic oxidation sites excluding steroid dienone is 2. The van der Waals surface area contributed by atoms with Crippen LogP contribution in [0, 0.1) is 11.8 Å². The molecule has 1 heterocycles. The van der Waals surface area contributed by atoms with Gasteiger partial charge in [-0.15, -0.1) is 0 Å². The van der Waals surface area contributed by atoms with Crippen molar-refractivity contribution in [3.05, 3.63) is 89.5 Å². The number of anilines is 2. The van der Waals surface area contributed by atoms with Gasteiger partial charge >= 0.3 is 0 Å². The molecule has 178 valence electrons. The van der Waals surface area contributed by atoms with Gasteiger partial charge in [-0.2, -0.15) is 0 Å². The van der Waals surface area contributed by atoms with Gasteiger partial charge in [-0.05, 0) is 60.4 Å². The van der Waals surface area contributed by atoms with Crippen molar-refractivity contribution in [1.29, 1.82) is 0 Å². The van der Waals surface area contributed by atoms with E-state index in [9.17, 15) is 10.0 Å². The SMILES string of the molecule is C=C/C(=C\N(O)/C=C(/CNc1ccnc(NC(=O)[C@H]2C[C@@H]2c2cccc(Cl)c2)c1)NC)C1CC1. The van der Waals surface area contributed by atoms with Crippen molar-refractivity contribution in [1.82, 2.24) is 15.4 Å². The minimum absolute atomic E-state index is 0.0400. The lowest BCUT2D eigenvalue weighted by Gasteiger charge is -2.14. The molecule has 0 radical (unpaired) electrons. The molecule has 8 heteroatoms. The fraction of sp³-hybridized carbons (Fsp3) is 0.308. The average Bonchev–Trinajstić information content (AvgIpc) is 3.74. The Bertz CT molecular complexity index is 1110. The standard InChI is InChI=1S/C26H30ClN5O2/c1-3-17(18-7-8-18)15-32(34)16-22(28-2)14-30-21-9-10-29-25(12-21)31-26(33)24-13-23(24)19-5-4-6-20(27)11-19/h3-6,9-12,15-16,18,23-24,28,34H,1,7-8,13-14H2,2H3,(H2,29,30,31,33)/b17-15+,22-16-/t23-,24+/m1/s1. The molecule has 1 aromatic carbocycles. The van der Waals surface area contributed by atoms with E-state index in [1.54, 1.807) is 37.8 Å². The van der Waals surface area contributed by atoms with Crippen molar-refractivity contribution in [3.8, 4) is 0 Å². The highest BCUT2D eigenvalue weighted by atomic mass is 35.5. The average molecular weight is 480 g/mol.